The Labute approximate surface area is 817 Å². The summed E-state index contributed by atoms with van der Waals surface area (Å²) in [5.41, 5.74) is 20.7. The molecule has 0 unspecified atom stereocenters. The van der Waals surface area contributed by atoms with Crippen molar-refractivity contribution in [3.63, 3.8) is 0 Å². The van der Waals surface area contributed by atoms with Gasteiger partial charge in [0.05, 0.1) is 37.2 Å². The lowest BCUT2D eigenvalue weighted by Crippen LogP contribution is -2.57. The van der Waals surface area contributed by atoms with Gasteiger partial charge in [-0.25, -0.2) is 0 Å². The highest BCUT2D eigenvalue weighted by molar-refractivity contribution is 5.98. The summed E-state index contributed by atoms with van der Waals surface area (Å²) in [6.07, 6.45) is -5.65. The lowest BCUT2D eigenvalue weighted by atomic mass is 9.98. The van der Waals surface area contributed by atoms with E-state index in [0.29, 0.717) is 61.8 Å². The van der Waals surface area contributed by atoms with E-state index in [9.17, 15) is 122 Å². The number of amides is 12. The van der Waals surface area contributed by atoms with Crippen molar-refractivity contribution in [2.24, 2.45) is 17.2 Å². The molecule has 770 valence electrons. The molecule has 5 heterocycles. The van der Waals surface area contributed by atoms with Crippen LogP contribution in [0.1, 0.15) is 168 Å². The predicted molar refractivity (Wildman–Crippen MR) is 507 cm³/mol. The minimum absolute atomic E-state index is 0.0100. The first-order valence-electron chi connectivity index (χ1n) is 46.8. The number of Topliss-reactive ketones (excluding diaryl/α,β-unsaturated/α-hetero) is 1. The van der Waals surface area contributed by atoms with Crippen molar-refractivity contribution in [1.82, 2.24) is 106 Å². The van der Waals surface area contributed by atoms with E-state index in [1.54, 1.807) is 48.2 Å². The van der Waals surface area contributed by atoms with Gasteiger partial charge in [-0.3, -0.25) is 120 Å². The van der Waals surface area contributed by atoms with E-state index < -0.39 is 227 Å². The Bertz CT molecular complexity index is 5510. The second-order valence-electron chi connectivity index (χ2n) is 35.8. The first-order valence-corrected chi connectivity index (χ1v) is 46.8. The maximum absolute atomic E-state index is 14.7. The van der Waals surface area contributed by atoms with E-state index in [2.05, 4.69) is 67.4 Å². The highest BCUT2D eigenvalue weighted by atomic mass is 16.4. The second-order valence-corrected chi connectivity index (χ2v) is 35.8. The van der Waals surface area contributed by atoms with Crippen LogP contribution in [0.5, 0.6) is 23.0 Å². The zero-order valence-electron chi connectivity index (χ0n) is 80.4. The van der Waals surface area contributed by atoms with E-state index in [4.69, 9.17) is 17.2 Å². The van der Waals surface area contributed by atoms with Crippen LogP contribution in [0.4, 0.5) is 0 Å². The molecule has 6 aromatic rings. The molecule has 49 nitrogen and oxygen atoms in total. The lowest BCUT2D eigenvalue weighted by molar-refractivity contribution is -0.145. The van der Waals surface area contributed by atoms with Crippen LogP contribution in [0.25, 0.3) is 34.2 Å². The van der Waals surface area contributed by atoms with Crippen molar-refractivity contribution in [2.75, 3.05) is 137 Å². The summed E-state index contributed by atoms with van der Waals surface area (Å²) in [7, 11) is 0. The smallest absolute Gasteiger partial charge is 0.320 e. The number of aliphatic carboxylic acids is 4. The Morgan fingerprint density at radius 2 is 0.782 bits per heavy atom. The van der Waals surface area contributed by atoms with Crippen LogP contribution in [0.15, 0.2) is 72.8 Å². The highest BCUT2D eigenvalue weighted by Gasteiger charge is 2.38. The van der Waals surface area contributed by atoms with Gasteiger partial charge in [0.25, 0.3) is 5.91 Å². The van der Waals surface area contributed by atoms with E-state index in [1.165, 1.54) is 59.6 Å². The summed E-state index contributed by atoms with van der Waals surface area (Å²) in [6, 6.07) is 10.4. The van der Waals surface area contributed by atoms with Crippen LogP contribution >= 0.6 is 0 Å². The normalized spacial score (nSPS) is 15.9. The highest BCUT2D eigenvalue weighted by Crippen LogP contribution is 2.41. The number of rotatable bonds is 48. The van der Waals surface area contributed by atoms with Crippen LogP contribution in [0.3, 0.4) is 0 Å². The lowest BCUT2D eigenvalue weighted by Gasteiger charge is -2.36. The van der Waals surface area contributed by atoms with Crippen molar-refractivity contribution in [3.8, 4) is 57.1 Å². The van der Waals surface area contributed by atoms with Crippen LogP contribution in [-0.2, 0) is 85.0 Å². The Balaban J connectivity index is 0.861. The maximum atomic E-state index is 14.7. The molecule has 0 radical (unpaired) electrons. The Kier molecular flexibility index (Phi) is 41.0. The number of nitrogens with one attached hydrogen (secondary N) is 7. The van der Waals surface area contributed by atoms with Crippen LogP contribution in [0, 0.1) is 0 Å². The number of aromatic hydroxyl groups is 4. The van der Waals surface area contributed by atoms with Gasteiger partial charge in [0, 0.05) is 193 Å². The van der Waals surface area contributed by atoms with Crippen LogP contribution in [-0.4, -0.2) is 384 Å². The number of nitrogens with two attached hydrogens (primary N) is 3. The minimum Gasteiger partial charge on any atom is -0.508 e. The topological polar surface area (TPSA) is 702 Å². The van der Waals surface area contributed by atoms with Crippen molar-refractivity contribution in [1.29, 1.82) is 0 Å². The SMILES string of the molecule is CCNC(=O)c1nnc(-c2cc(C(C)C)c(O)cc2O)n1-c1ccc(CN2CCN(C(=O)[C@@H](C)NC(=O)[C@H](CC(=O)N3CCN(Cc4ccc(-n5c(C(C)=O)nnc5-c5cc(C(C)C)c(O)cc5O)cc4)CC3)NC(=O)CCNC(=O)[C@H](CCC(N)=O)NC(=O)[C@H](CCC(N)=O)NC(=O)[C@H](CCC(N)=O)NC(=O)CC[C@H](C(=O)O)N3CCN(CC(=O)O)CCN(CC(=O)O)CCN(CC(=O)O)CC3)CC2)cc1. The number of carboxylic acids is 4. The van der Waals surface area contributed by atoms with Gasteiger partial charge in [-0.15, -0.1) is 20.4 Å². The molecule has 3 saturated heterocycles. The molecule has 0 spiro atoms. The first-order chi connectivity index (χ1) is 67.3. The largest absolute Gasteiger partial charge is 0.508 e. The number of ketones is 1. The predicted octanol–water partition coefficient (Wildman–Crippen LogP) is -1.96. The maximum Gasteiger partial charge on any atom is 0.320 e. The quantitative estimate of drug-likeness (QED) is 0.0184. The second kappa shape index (κ2) is 52.5. The molecule has 3 aliphatic heterocycles. The molecular formula is C93H128N24O25. The zero-order chi connectivity index (χ0) is 104. The summed E-state index contributed by atoms with van der Waals surface area (Å²) in [6.45, 7) is 12.9. The van der Waals surface area contributed by atoms with Gasteiger partial charge in [0.15, 0.2) is 17.4 Å². The summed E-state index contributed by atoms with van der Waals surface area (Å²) >= 11 is 0. The third-order valence-corrected chi connectivity index (χ3v) is 24.5. The zero-order valence-corrected chi connectivity index (χ0v) is 80.4. The Morgan fingerprint density at radius 1 is 0.401 bits per heavy atom. The summed E-state index contributed by atoms with van der Waals surface area (Å²) in [5.74, 6) is -17.0. The monoisotopic (exact) mass is 1980 g/mol. The number of phenols is 4. The molecular weight excluding hydrogens is 1850 g/mol. The number of piperazine rings is 2. The number of primary amides is 3. The van der Waals surface area contributed by atoms with Crippen LogP contribution in [0.2, 0.25) is 0 Å². The number of benzene rings is 4. The Hall–Kier alpha value is -14.7. The Morgan fingerprint density at radius 3 is 1.19 bits per heavy atom. The molecule has 142 heavy (non-hydrogen) atoms. The third kappa shape index (κ3) is 32.4. The van der Waals surface area contributed by atoms with Gasteiger partial charge in [0.1, 0.15) is 59.2 Å². The molecule has 49 heteroatoms. The molecule has 0 saturated carbocycles. The molecule has 4 aromatic carbocycles. The number of phenolic OH excluding ortho intramolecular Hbond substituents is 4. The molecule has 9 rings (SSSR count). The van der Waals surface area contributed by atoms with Gasteiger partial charge in [-0.05, 0) is 110 Å². The average Bonchev–Trinajstić information content (AvgIpc) is 1.61. The van der Waals surface area contributed by atoms with Gasteiger partial charge in [-0.1, -0.05) is 52.0 Å². The fraction of sp³-hybridized carbons (Fsp3) is 0.516. The van der Waals surface area contributed by atoms with Crippen molar-refractivity contribution < 1.29 is 122 Å². The fourth-order valence-electron chi connectivity index (χ4n) is 16.8. The van der Waals surface area contributed by atoms with Crippen molar-refractivity contribution >= 4 is 101 Å². The fourth-order valence-corrected chi connectivity index (χ4v) is 16.8. The summed E-state index contributed by atoms with van der Waals surface area (Å²) < 4.78 is 3.02. The molecule has 21 N–H and O–H groups in total. The average molecular weight is 1980 g/mol. The molecule has 2 aromatic heterocycles. The molecule has 0 bridgehead atoms. The number of hydrogen-bond acceptors (Lipinski definition) is 31. The molecule has 3 fully saturated rings. The van der Waals surface area contributed by atoms with E-state index >= 15 is 0 Å². The molecule has 12 amide bonds. The van der Waals surface area contributed by atoms with Gasteiger partial charge >= 0.3 is 23.9 Å². The molecule has 6 atom stereocenters. The summed E-state index contributed by atoms with van der Waals surface area (Å²) in [4.78, 5) is 240. The number of carbonyl (C=O) groups is 17. The van der Waals surface area contributed by atoms with Crippen molar-refractivity contribution in [3.05, 3.63) is 107 Å². The van der Waals surface area contributed by atoms with Crippen LogP contribution < -0.4 is 54.4 Å². The number of carbonyl (C=O) groups excluding carboxylic acids is 13. The number of aromatic nitrogens is 6. The van der Waals surface area contributed by atoms with Gasteiger partial charge in [-0.2, -0.15) is 0 Å². The first kappa shape index (κ1) is 111. The standard InChI is InChI=1S/C93H128N24O25/c1-8-97-91(139)86-107-106-85(64-44-62(54(4)5)71(120)47-73(64)122)117(86)60-15-11-58(12-16-60)49-109-35-41-115(42-36-109)92(140)55(6)99-90(138)68(45-79(128)114-39-33-108(34-40-114)48-57-9-13-59(14-10-57)116-83(56(7)118)104-105-84(116)63-43-61(53(2)3)70(119)46-72(63)121)101-78(127)25-26-98-87(135)65(17-21-74(94)123)102-89(137)67(19-23-76(96)125)103-88(136)66(18-22-75(95)124)100-77(126)24-20-69(93(141)142)113-37-31-111(51-81(131)132)29-27-110(50-80(129)130)28-30-112(32-38-113)52-82(133)134/h9-16,43-44,46-47,53-55,65-69,119-122H,8,17-42,45,48-52H2,1-7H3,(H2,94,123)(H2,95,124)(H2,96,125)(H,97,139)(H,98,135)(H,99,138)(H,100,126)(H,101,127)(H,102,137)(H,103,136)(H,129,130)(H,131,132)(H,133,134)(H,141,142)/t55-,65+,66+,67+,68+,69-/m1/s1. The number of nitrogens with zero attached hydrogens (tertiary/aromatic N) is 14. The van der Waals surface area contributed by atoms with Gasteiger partial charge < -0.3 is 105 Å². The van der Waals surface area contributed by atoms with E-state index in [0.717, 1.165) is 11.1 Å². The molecule has 3 aliphatic rings. The van der Waals surface area contributed by atoms with Gasteiger partial charge in [0.2, 0.25) is 76.6 Å². The third-order valence-electron chi connectivity index (χ3n) is 24.5. The van der Waals surface area contributed by atoms with Crippen molar-refractivity contribution in [2.45, 2.75) is 174 Å². The van der Waals surface area contributed by atoms with E-state index in [1.807, 2.05) is 52.0 Å². The minimum atomic E-state index is -1.79. The van der Waals surface area contributed by atoms with E-state index in [-0.39, 0.29) is 154 Å². The number of hydrogen-bond donors (Lipinski definition) is 18. The molecule has 0 aliphatic carbocycles. The number of carboxylic acid groups (broad SMARTS) is 4. The summed E-state index contributed by atoms with van der Waals surface area (Å²) in [5, 5.41) is 118.